The summed E-state index contributed by atoms with van der Waals surface area (Å²) in [5, 5.41) is 2.68. The lowest BCUT2D eigenvalue weighted by molar-refractivity contribution is 0.103. The van der Waals surface area contributed by atoms with Crippen molar-refractivity contribution >= 4 is 105 Å². The van der Waals surface area contributed by atoms with E-state index in [2.05, 4.69) is 15.0 Å². The van der Waals surface area contributed by atoms with E-state index in [9.17, 15) is 14.4 Å². The molecule has 1 heterocycles. The van der Waals surface area contributed by atoms with E-state index in [1.165, 1.54) is 18.2 Å². The molecule has 0 N–H and O–H groups in total. The summed E-state index contributed by atoms with van der Waals surface area (Å²) in [5.41, 5.74) is 3.04. The molecule has 0 radical (unpaired) electrons. The Kier molecular flexibility index (Phi) is 14.7. The number of halogens is 6. The molecule has 0 saturated carbocycles. The molecule has 0 spiro atoms. The first-order valence-electron chi connectivity index (χ1n) is 18.5. The highest BCUT2D eigenvalue weighted by atomic mass is 35.5. The number of hydrogen-bond acceptors (Lipinski definition) is 9. The predicted molar refractivity (Wildman–Crippen MR) is 249 cm³/mol. The summed E-state index contributed by atoms with van der Waals surface area (Å²) < 4.78 is 17.9. The Bertz CT molecular complexity index is 2610. The van der Waals surface area contributed by atoms with E-state index in [1.54, 1.807) is 146 Å². The van der Waals surface area contributed by atoms with Crippen molar-refractivity contribution in [1.82, 2.24) is 15.0 Å². The summed E-state index contributed by atoms with van der Waals surface area (Å²) in [6.45, 7) is 0. The molecule has 0 saturated heterocycles. The highest BCUT2D eigenvalue weighted by Crippen LogP contribution is 2.29. The number of nitrogens with zero attached hydrogens (tertiary/aromatic N) is 3. The molecule has 6 aromatic carbocycles. The zero-order valence-corrected chi connectivity index (χ0v) is 36.7. The monoisotopic (exact) mass is 951 g/mol. The van der Waals surface area contributed by atoms with E-state index in [1.807, 2.05) is 0 Å². The van der Waals surface area contributed by atoms with Crippen molar-refractivity contribution in [1.29, 1.82) is 0 Å². The molecule has 1 aromatic heterocycles. The minimum absolute atomic E-state index is 0.207. The van der Waals surface area contributed by atoms with Gasteiger partial charge < -0.3 is 14.2 Å². The van der Waals surface area contributed by atoms with Gasteiger partial charge in [-0.25, -0.2) is 0 Å². The number of hydrogen-bond donors (Lipinski definition) is 0. The van der Waals surface area contributed by atoms with Crippen LogP contribution >= 0.6 is 69.6 Å². The average Bonchev–Trinajstić information content (AvgIpc) is 3.26. The van der Waals surface area contributed by atoms with Crippen molar-refractivity contribution in [3.05, 3.63) is 209 Å². The highest BCUT2D eigenvalue weighted by molar-refractivity contribution is 6.37. The van der Waals surface area contributed by atoms with Crippen molar-refractivity contribution < 1.29 is 28.6 Å². The Morgan fingerprint density at radius 2 is 0.619 bits per heavy atom. The molecule has 15 heteroatoms. The number of aromatic nitrogens is 3. The fourth-order valence-corrected chi connectivity index (χ4v) is 6.94. The van der Waals surface area contributed by atoms with Gasteiger partial charge >= 0.3 is 18.0 Å². The molecule has 0 atom stereocenters. The second kappa shape index (κ2) is 20.7. The summed E-state index contributed by atoms with van der Waals surface area (Å²) in [7, 11) is 0. The number of rotatable bonds is 15. The number of carbonyl (C=O) groups excluding carboxylic acids is 3. The summed E-state index contributed by atoms with van der Waals surface area (Å²) in [6, 6.07) is 33.2. The molecule has 0 amide bonds. The van der Waals surface area contributed by atoms with Crippen LogP contribution in [0.5, 0.6) is 35.3 Å². The lowest BCUT2D eigenvalue weighted by atomic mass is 10.1. The second-order valence-corrected chi connectivity index (χ2v) is 15.7. The van der Waals surface area contributed by atoms with Crippen LogP contribution in [0.25, 0.3) is 18.2 Å². The van der Waals surface area contributed by atoms with Crippen LogP contribution in [0.4, 0.5) is 0 Å². The maximum atomic E-state index is 12.9. The van der Waals surface area contributed by atoms with Crippen molar-refractivity contribution in [3.8, 4) is 35.3 Å². The average molecular weight is 954 g/mol. The van der Waals surface area contributed by atoms with Gasteiger partial charge in [0.15, 0.2) is 17.3 Å². The van der Waals surface area contributed by atoms with Crippen LogP contribution < -0.4 is 14.2 Å². The minimum atomic E-state index is -0.275. The molecule has 0 aliphatic rings. The zero-order chi connectivity index (χ0) is 44.5. The van der Waals surface area contributed by atoms with Gasteiger partial charge in [0.1, 0.15) is 17.2 Å². The number of allylic oxidation sites excluding steroid dienone is 3. The molecule has 0 fully saturated rings. The molecule has 7 aromatic rings. The van der Waals surface area contributed by atoms with E-state index in [0.29, 0.717) is 63.5 Å². The van der Waals surface area contributed by atoms with E-state index in [4.69, 9.17) is 83.8 Å². The standard InChI is InChI=1S/C48H27Cl6N3O6/c49-34-13-1-28(40(52)25-34)10-22-43(58)31-4-16-37(17-5-31)61-46-55-47(62-38-18-6-32(7-19-38)44(59)23-11-29-2-14-35(50)26-41(29)53)57-48(56-46)63-39-20-8-33(9-21-39)45(60)24-12-30-3-15-36(51)27-42(30)54/h1-27H/b22-10+,23-11+,24-12+. The Balaban J connectivity index is 1.08. The van der Waals surface area contributed by atoms with Gasteiger partial charge in [0.05, 0.1) is 0 Å². The quantitative estimate of drug-likeness (QED) is 0.0731. The van der Waals surface area contributed by atoms with Gasteiger partial charge in [0.2, 0.25) is 0 Å². The number of ether oxygens (including phenoxy) is 3. The third kappa shape index (κ3) is 12.4. The third-order valence-corrected chi connectivity index (χ3v) is 10.4. The molecule has 0 aliphatic heterocycles. The topological polar surface area (TPSA) is 118 Å². The Morgan fingerprint density at radius 3 is 0.857 bits per heavy atom. The highest BCUT2D eigenvalue weighted by Gasteiger charge is 2.15. The summed E-state index contributed by atoms with van der Waals surface area (Å²) in [6.07, 6.45) is 9.00. The normalized spacial score (nSPS) is 11.3. The van der Waals surface area contributed by atoms with Crippen LogP contribution in [0.15, 0.2) is 146 Å². The number of ketones is 3. The lowest BCUT2D eigenvalue weighted by Gasteiger charge is -2.10. The van der Waals surface area contributed by atoms with Gasteiger partial charge in [-0.3, -0.25) is 14.4 Å². The van der Waals surface area contributed by atoms with Crippen molar-refractivity contribution in [2.45, 2.75) is 0 Å². The van der Waals surface area contributed by atoms with Crippen molar-refractivity contribution in [2.75, 3.05) is 0 Å². The third-order valence-electron chi connectivity index (χ3n) is 8.75. The minimum Gasteiger partial charge on any atom is -0.424 e. The molecule has 0 bridgehead atoms. The second-order valence-electron chi connectivity index (χ2n) is 13.2. The maximum Gasteiger partial charge on any atom is 0.331 e. The summed E-state index contributed by atoms with van der Waals surface area (Å²) in [5.74, 6) is 0.0263. The van der Waals surface area contributed by atoms with E-state index < -0.39 is 0 Å². The first kappa shape index (κ1) is 44.7. The van der Waals surface area contributed by atoms with Gasteiger partial charge in [-0.05, 0) is 162 Å². The fraction of sp³-hybridized carbons (Fsp3) is 0. The molecular weight excluding hydrogens is 927 g/mol. The Hall–Kier alpha value is -6.30. The van der Waals surface area contributed by atoms with Crippen molar-refractivity contribution in [3.63, 3.8) is 0 Å². The van der Waals surface area contributed by atoms with E-state index >= 15 is 0 Å². The van der Waals surface area contributed by atoms with Crippen LogP contribution in [0.2, 0.25) is 30.1 Å². The van der Waals surface area contributed by atoms with Gasteiger partial charge in [0, 0.05) is 46.8 Å². The molecule has 63 heavy (non-hydrogen) atoms. The predicted octanol–water partition coefficient (Wildman–Crippen LogP) is 14.9. The molecule has 0 unspecified atom stereocenters. The molecule has 9 nitrogen and oxygen atoms in total. The Labute approximate surface area is 390 Å². The number of benzene rings is 6. The van der Waals surface area contributed by atoms with E-state index in [0.717, 1.165) is 0 Å². The first-order valence-corrected chi connectivity index (χ1v) is 20.7. The molecule has 0 aliphatic carbocycles. The van der Waals surface area contributed by atoms with Gasteiger partial charge in [0.25, 0.3) is 0 Å². The van der Waals surface area contributed by atoms with Gasteiger partial charge in [-0.2, -0.15) is 0 Å². The van der Waals surface area contributed by atoms with Crippen LogP contribution in [0.1, 0.15) is 47.8 Å². The fourth-order valence-electron chi connectivity index (χ4n) is 5.53. The number of carbonyl (C=O) groups is 3. The van der Waals surface area contributed by atoms with Crippen LogP contribution in [-0.2, 0) is 0 Å². The summed E-state index contributed by atoms with van der Waals surface area (Å²) in [4.78, 5) is 51.7. The summed E-state index contributed by atoms with van der Waals surface area (Å²) >= 11 is 36.7. The van der Waals surface area contributed by atoms with Crippen LogP contribution in [0.3, 0.4) is 0 Å². The SMILES string of the molecule is O=C(/C=C/c1ccc(Cl)cc1Cl)c1ccc(Oc2nc(Oc3ccc(C(=O)/C=C/c4ccc(Cl)cc4Cl)cc3)nc(Oc3ccc(C(=O)/C=C/c4ccc(Cl)cc4Cl)cc3)n2)cc1. The van der Waals surface area contributed by atoms with Gasteiger partial charge in [-0.15, -0.1) is 15.0 Å². The molecule has 7 rings (SSSR count). The largest absolute Gasteiger partial charge is 0.424 e. The van der Waals surface area contributed by atoms with Crippen molar-refractivity contribution in [2.24, 2.45) is 0 Å². The molecule has 312 valence electrons. The van der Waals surface area contributed by atoms with Gasteiger partial charge in [-0.1, -0.05) is 87.8 Å². The van der Waals surface area contributed by atoms with Crippen LogP contribution in [0, 0.1) is 0 Å². The van der Waals surface area contributed by atoms with E-state index in [-0.39, 0.29) is 52.6 Å². The maximum absolute atomic E-state index is 12.9. The van der Waals surface area contributed by atoms with Crippen LogP contribution in [-0.4, -0.2) is 32.3 Å². The first-order chi connectivity index (χ1) is 30.3. The lowest BCUT2D eigenvalue weighted by Crippen LogP contribution is -2.02. The smallest absolute Gasteiger partial charge is 0.331 e. The molecular formula is C48H27Cl6N3O6. The Morgan fingerprint density at radius 1 is 0.365 bits per heavy atom. The zero-order valence-electron chi connectivity index (χ0n) is 32.1.